The van der Waals surface area contributed by atoms with Crippen LogP contribution >= 0.6 is 0 Å². The van der Waals surface area contributed by atoms with Crippen LogP contribution in [0.15, 0.2) is 18.2 Å². The summed E-state index contributed by atoms with van der Waals surface area (Å²) in [4.78, 5) is 27.5. The minimum Gasteiger partial charge on any atom is -0.495 e. The number of imide groups is 1. The number of hydrogen-bond acceptors (Lipinski definition) is 3. The molecule has 0 spiro atoms. The number of carbonyl (C=O) groups is 2. The van der Waals surface area contributed by atoms with Crippen LogP contribution < -0.4 is 9.64 Å². The molecule has 2 fully saturated rings. The molecule has 3 amide bonds. The fourth-order valence-corrected chi connectivity index (χ4v) is 2.49. The molecular formula is C14H16N2O3. The predicted molar refractivity (Wildman–Crippen MR) is 70.3 cm³/mol. The van der Waals surface area contributed by atoms with E-state index < -0.39 is 0 Å². The summed E-state index contributed by atoms with van der Waals surface area (Å²) >= 11 is 0. The smallest absolute Gasteiger partial charge is 0.332 e. The molecule has 0 bridgehead atoms. The lowest BCUT2D eigenvalue weighted by Gasteiger charge is -2.20. The van der Waals surface area contributed by atoms with Gasteiger partial charge in [-0.05, 0) is 31.4 Å². The summed E-state index contributed by atoms with van der Waals surface area (Å²) in [5.41, 5.74) is 1.43. The molecular weight excluding hydrogens is 244 g/mol. The van der Waals surface area contributed by atoms with Gasteiger partial charge in [0.2, 0.25) is 0 Å². The number of aryl methyl sites for hydroxylation is 1. The maximum absolute atomic E-state index is 12.4. The Hall–Kier alpha value is -2.04. The Morgan fingerprint density at radius 2 is 2.00 bits per heavy atom. The third kappa shape index (κ3) is 1.85. The number of benzene rings is 1. The van der Waals surface area contributed by atoms with Crippen molar-refractivity contribution in [2.75, 3.05) is 18.6 Å². The number of ether oxygens (including phenoxy) is 1. The van der Waals surface area contributed by atoms with Crippen molar-refractivity contribution in [3.63, 3.8) is 0 Å². The highest BCUT2D eigenvalue weighted by Crippen LogP contribution is 2.37. The molecule has 1 aliphatic carbocycles. The molecule has 0 aromatic heterocycles. The first-order chi connectivity index (χ1) is 9.13. The summed E-state index contributed by atoms with van der Waals surface area (Å²) in [5.74, 6) is 0.379. The minimum absolute atomic E-state index is 0.176. The largest absolute Gasteiger partial charge is 0.495 e. The van der Waals surface area contributed by atoms with Gasteiger partial charge in [0.15, 0.2) is 0 Å². The van der Waals surface area contributed by atoms with Gasteiger partial charge in [-0.3, -0.25) is 4.79 Å². The second-order valence-corrected chi connectivity index (χ2v) is 5.00. The molecule has 5 heteroatoms. The van der Waals surface area contributed by atoms with Gasteiger partial charge in [-0.15, -0.1) is 0 Å². The monoisotopic (exact) mass is 260 g/mol. The third-order valence-corrected chi connectivity index (χ3v) is 3.62. The average Bonchev–Trinajstić information content (AvgIpc) is 3.18. The van der Waals surface area contributed by atoms with Crippen molar-refractivity contribution in [3.05, 3.63) is 23.8 Å². The molecule has 0 atom stereocenters. The van der Waals surface area contributed by atoms with Crippen molar-refractivity contribution in [2.24, 2.45) is 0 Å². The first-order valence-corrected chi connectivity index (χ1v) is 6.40. The molecule has 5 nitrogen and oxygen atoms in total. The normalized spacial score (nSPS) is 19.3. The van der Waals surface area contributed by atoms with E-state index in [0.717, 1.165) is 18.4 Å². The first kappa shape index (κ1) is 12.0. The molecule has 1 aromatic carbocycles. The van der Waals surface area contributed by atoms with E-state index in [1.165, 1.54) is 4.90 Å². The van der Waals surface area contributed by atoms with Gasteiger partial charge in [-0.25, -0.2) is 9.69 Å². The average molecular weight is 260 g/mol. The molecule has 19 heavy (non-hydrogen) atoms. The van der Waals surface area contributed by atoms with Crippen LogP contribution in [0.2, 0.25) is 0 Å². The second kappa shape index (κ2) is 4.26. The number of nitrogens with zero attached hydrogens (tertiary/aromatic N) is 2. The Morgan fingerprint density at radius 1 is 1.26 bits per heavy atom. The first-order valence-electron chi connectivity index (χ1n) is 6.40. The maximum atomic E-state index is 12.4. The summed E-state index contributed by atoms with van der Waals surface area (Å²) in [6, 6.07) is 5.51. The Kier molecular flexibility index (Phi) is 2.69. The zero-order valence-electron chi connectivity index (χ0n) is 11.0. The van der Waals surface area contributed by atoms with Crippen LogP contribution in [0.5, 0.6) is 5.75 Å². The van der Waals surface area contributed by atoms with Gasteiger partial charge in [0.25, 0.3) is 5.91 Å². The molecule has 0 N–H and O–H groups in total. The van der Waals surface area contributed by atoms with Crippen molar-refractivity contribution in [2.45, 2.75) is 25.8 Å². The SMILES string of the molecule is COc1cccc(C)c1N1C(=O)CN(C2CC2)C1=O. The topological polar surface area (TPSA) is 49.9 Å². The summed E-state index contributed by atoms with van der Waals surface area (Å²) < 4.78 is 5.28. The highest BCUT2D eigenvalue weighted by atomic mass is 16.5. The Bertz CT molecular complexity index is 552. The molecule has 2 aliphatic rings. The number of para-hydroxylation sites is 1. The molecule has 1 aromatic rings. The van der Waals surface area contributed by atoms with Crippen molar-refractivity contribution in [1.29, 1.82) is 0 Å². The van der Waals surface area contributed by atoms with Crippen molar-refractivity contribution in [1.82, 2.24) is 4.90 Å². The molecule has 1 aliphatic heterocycles. The van der Waals surface area contributed by atoms with Gasteiger partial charge in [-0.2, -0.15) is 0 Å². The summed E-state index contributed by atoms with van der Waals surface area (Å²) in [6.45, 7) is 2.05. The lowest BCUT2D eigenvalue weighted by Crippen LogP contribution is -2.34. The Labute approximate surface area is 111 Å². The molecule has 1 heterocycles. The molecule has 1 saturated heterocycles. The summed E-state index contributed by atoms with van der Waals surface area (Å²) in [5, 5.41) is 0. The quantitative estimate of drug-likeness (QED) is 0.780. The number of urea groups is 1. The minimum atomic E-state index is -0.222. The third-order valence-electron chi connectivity index (χ3n) is 3.62. The number of carbonyl (C=O) groups excluding carboxylic acids is 2. The molecule has 100 valence electrons. The Morgan fingerprint density at radius 3 is 2.63 bits per heavy atom. The van der Waals surface area contributed by atoms with Crippen LogP contribution in [0.1, 0.15) is 18.4 Å². The van der Waals surface area contributed by atoms with E-state index in [1.807, 2.05) is 19.1 Å². The van der Waals surface area contributed by atoms with Crippen LogP contribution in [-0.4, -0.2) is 36.5 Å². The summed E-state index contributed by atoms with van der Waals surface area (Å²) in [6.07, 6.45) is 2.00. The number of rotatable bonds is 3. The van der Waals surface area contributed by atoms with Crippen molar-refractivity contribution >= 4 is 17.6 Å². The van der Waals surface area contributed by atoms with E-state index in [1.54, 1.807) is 18.1 Å². The predicted octanol–water partition coefficient (Wildman–Crippen LogP) is 1.93. The van der Waals surface area contributed by atoms with Gasteiger partial charge in [0.1, 0.15) is 12.3 Å². The van der Waals surface area contributed by atoms with Crippen molar-refractivity contribution in [3.8, 4) is 5.75 Å². The van der Waals surface area contributed by atoms with E-state index in [-0.39, 0.29) is 24.5 Å². The van der Waals surface area contributed by atoms with Gasteiger partial charge >= 0.3 is 6.03 Å². The van der Waals surface area contributed by atoms with Crippen LogP contribution in [0.25, 0.3) is 0 Å². The number of hydrogen-bond donors (Lipinski definition) is 0. The molecule has 3 rings (SSSR count). The molecule has 0 unspecified atom stereocenters. The summed E-state index contributed by atoms with van der Waals surface area (Å²) in [7, 11) is 1.54. The van der Waals surface area contributed by atoms with E-state index in [2.05, 4.69) is 0 Å². The maximum Gasteiger partial charge on any atom is 0.332 e. The fraction of sp³-hybridized carbons (Fsp3) is 0.429. The zero-order valence-corrected chi connectivity index (χ0v) is 11.0. The van der Waals surface area contributed by atoms with E-state index in [9.17, 15) is 9.59 Å². The molecule has 0 radical (unpaired) electrons. The van der Waals surface area contributed by atoms with Crippen LogP contribution in [0, 0.1) is 6.92 Å². The van der Waals surface area contributed by atoms with E-state index in [4.69, 9.17) is 4.74 Å². The van der Waals surface area contributed by atoms with Crippen LogP contribution in [0.4, 0.5) is 10.5 Å². The lowest BCUT2D eigenvalue weighted by atomic mass is 10.1. The van der Waals surface area contributed by atoms with Crippen molar-refractivity contribution < 1.29 is 14.3 Å². The van der Waals surface area contributed by atoms with Crippen LogP contribution in [0.3, 0.4) is 0 Å². The second-order valence-electron chi connectivity index (χ2n) is 5.00. The Balaban J connectivity index is 2.02. The van der Waals surface area contributed by atoms with Crippen LogP contribution in [-0.2, 0) is 4.79 Å². The fourth-order valence-electron chi connectivity index (χ4n) is 2.49. The highest BCUT2D eigenvalue weighted by molar-refractivity contribution is 6.21. The number of amides is 3. The van der Waals surface area contributed by atoms with Gasteiger partial charge in [-0.1, -0.05) is 12.1 Å². The van der Waals surface area contributed by atoms with Gasteiger partial charge in [0, 0.05) is 6.04 Å². The van der Waals surface area contributed by atoms with Gasteiger partial charge in [0.05, 0.1) is 12.8 Å². The van der Waals surface area contributed by atoms with E-state index in [0.29, 0.717) is 11.4 Å². The van der Waals surface area contributed by atoms with Gasteiger partial charge < -0.3 is 9.64 Å². The number of anilines is 1. The molecule has 1 saturated carbocycles. The standard InChI is InChI=1S/C14H16N2O3/c1-9-4-3-5-11(19-2)13(9)16-12(17)8-15(14(16)18)10-6-7-10/h3-5,10H,6-8H2,1-2H3. The lowest BCUT2D eigenvalue weighted by molar-refractivity contribution is -0.116. The van der Waals surface area contributed by atoms with E-state index >= 15 is 0 Å². The number of methoxy groups -OCH3 is 1. The highest BCUT2D eigenvalue weighted by Gasteiger charge is 2.45. The zero-order chi connectivity index (χ0) is 13.6.